The molecule has 0 radical (unpaired) electrons. The number of sulfonamides is 1. The van der Waals surface area contributed by atoms with E-state index in [-0.39, 0.29) is 6.04 Å². The van der Waals surface area contributed by atoms with E-state index >= 15 is 0 Å². The molecular formula is C15H22N4O2S. The summed E-state index contributed by atoms with van der Waals surface area (Å²) in [5.74, 6) is 0. The van der Waals surface area contributed by atoms with Crippen molar-refractivity contribution in [3.8, 4) is 0 Å². The van der Waals surface area contributed by atoms with E-state index < -0.39 is 10.0 Å². The number of benzene rings is 1. The third kappa shape index (κ3) is 3.94. The molecule has 2 N–H and O–H groups in total. The van der Waals surface area contributed by atoms with Gasteiger partial charge in [0.05, 0.1) is 4.90 Å². The van der Waals surface area contributed by atoms with E-state index in [0.717, 1.165) is 11.3 Å². The zero-order valence-electron chi connectivity index (χ0n) is 13.1. The first-order chi connectivity index (χ1) is 10.4. The van der Waals surface area contributed by atoms with Gasteiger partial charge in [0, 0.05) is 38.1 Å². The van der Waals surface area contributed by atoms with Crippen LogP contribution in [0.1, 0.15) is 25.1 Å². The van der Waals surface area contributed by atoms with Gasteiger partial charge in [0.25, 0.3) is 0 Å². The molecule has 0 unspecified atom stereocenters. The minimum absolute atomic E-state index is 0.0688. The van der Waals surface area contributed by atoms with E-state index in [2.05, 4.69) is 15.5 Å². The Morgan fingerprint density at radius 2 is 1.86 bits per heavy atom. The van der Waals surface area contributed by atoms with Gasteiger partial charge >= 0.3 is 0 Å². The predicted molar refractivity (Wildman–Crippen MR) is 85.7 cm³/mol. The van der Waals surface area contributed by atoms with Crippen LogP contribution in [-0.2, 0) is 23.1 Å². The highest BCUT2D eigenvalue weighted by Crippen LogP contribution is 2.17. The minimum Gasteiger partial charge on any atom is -0.307 e. The van der Waals surface area contributed by atoms with Crippen molar-refractivity contribution in [3.63, 3.8) is 0 Å². The summed E-state index contributed by atoms with van der Waals surface area (Å²) in [6, 6.07) is 8.82. The highest BCUT2D eigenvalue weighted by molar-refractivity contribution is 7.89. The first-order valence-corrected chi connectivity index (χ1v) is 8.61. The molecule has 120 valence electrons. The highest BCUT2D eigenvalue weighted by atomic mass is 32.2. The molecular weight excluding hydrogens is 300 g/mol. The van der Waals surface area contributed by atoms with E-state index in [4.69, 9.17) is 0 Å². The van der Waals surface area contributed by atoms with Gasteiger partial charge in [-0.2, -0.15) is 9.40 Å². The Morgan fingerprint density at radius 1 is 1.18 bits per heavy atom. The van der Waals surface area contributed by atoms with Crippen molar-refractivity contribution in [2.24, 2.45) is 0 Å². The molecule has 2 rings (SSSR count). The molecule has 6 nitrogen and oxygen atoms in total. The molecule has 0 aliphatic heterocycles. The Hall–Kier alpha value is -1.70. The number of hydrogen-bond donors (Lipinski definition) is 2. The van der Waals surface area contributed by atoms with E-state index in [1.54, 1.807) is 25.4 Å². The van der Waals surface area contributed by atoms with Crippen LogP contribution in [0.3, 0.4) is 0 Å². The molecule has 1 aromatic carbocycles. The topological polar surface area (TPSA) is 78.1 Å². The van der Waals surface area contributed by atoms with E-state index in [1.807, 2.05) is 32.0 Å². The van der Waals surface area contributed by atoms with Gasteiger partial charge in [-0.05, 0) is 37.6 Å². The lowest BCUT2D eigenvalue weighted by molar-refractivity contribution is 0.410. The molecule has 0 bridgehead atoms. The summed E-state index contributed by atoms with van der Waals surface area (Å²) in [4.78, 5) is 0.320. The van der Waals surface area contributed by atoms with Crippen molar-refractivity contribution >= 4 is 10.0 Å². The Morgan fingerprint density at radius 3 is 2.41 bits per heavy atom. The number of aromatic amines is 1. The fourth-order valence-corrected chi connectivity index (χ4v) is 3.32. The van der Waals surface area contributed by atoms with Gasteiger partial charge in [0.1, 0.15) is 0 Å². The normalized spacial score (nSPS) is 12.2. The molecule has 1 aromatic heterocycles. The van der Waals surface area contributed by atoms with Crippen LogP contribution in [0.15, 0.2) is 41.4 Å². The standard InChI is InChI=1S/C15H22N4O2S/c1-12(2)19(3)22(20,21)15-6-4-13(5-7-15)10-16-11-14-8-9-17-18-14/h4-9,12,16H,10-11H2,1-3H3,(H,17,18). The molecule has 0 aliphatic rings. The number of nitrogens with zero attached hydrogens (tertiary/aromatic N) is 2. The first kappa shape index (κ1) is 16.7. The predicted octanol–water partition coefficient (Wildman–Crippen LogP) is 1.73. The minimum atomic E-state index is -3.41. The maximum atomic E-state index is 12.4. The fourth-order valence-electron chi connectivity index (χ4n) is 1.95. The Bertz CT molecular complexity index is 679. The van der Waals surface area contributed by atoms with Gasteiger partial charge in [0.15, 0.2) is 0 Å². The molecule has 7 heteroatoms. The van der Waals surface area contributed by atoms with Crippen LogP contribution in [0.2, 0.25) is 0 Å². The van der Waals surface area contributed by atoms with Crippen LogP contribution in [0.25, 0.3) is 0 Å². The summed E-state index contributed by atoms with van der Waals surface area (Å²) in [6.07, 6.45) is 1.71. The van der Waals surface area contributed by atoms with Gasteiger partial charge < -0.3 is 5.32 Å². The molecule has 2 aromatic rings. The second-order valence-electron chi connectivity index (χ2n) is 5.44. The van der Waals surface area contributed by atoms with Crippen molar-refractivity contribution < 1.29 is 8.42 Å². The summed E-state index contributed by atoms with van der Waals surface area (Å²) in [7, 11) is -1.81. The Kier molecular flexibility index (Phi) is 5.33. The zero-order chi connectivity index (χ0) is 16.2. The monoisotopic (exact) mass is 322 g/mol. The lowest BCUT2D eigenvalue weighted by atomic mass is 10.2. The van der Waals surface area contributed by atoms with Gasteiger partial charge in [-0.1, -0.05) is 12.1 Å². The Labute approximate surface area is 131 Å². The molecule has 0 aliphatic carbocycles. The van der Waals surface area contributed by atoms with Crippen LogP contribution in [0, 0.1) is 0 Å². The third-order valence-corrected chi connectivity index (χ3v) is 5.58. The van der Waals surface area contributed by atoms with Crippen LogP contribution in [0.4, 0.5) is 0 Å². The maximum Gasteiger partial charge on any atom is 0.243 e. The SMILES string of the molecule is CC(C)N(C)S(=O)(=O)c1ccc(CNCc2ccn[nH]2)cc1. The second kappa shape index (κ2) is 7.04. The van der Waals surface area contributed by atoms with E-state index in [9.17, 15) is 8.42 Å². The third-order valence-electron chi connectivity index (χ3n) is 3.53. The van der Waals surface area contributed by atoms with E-state index in [0.29, 0.717) is 18.0 Å². The lowest BCUT2D eigenvalue weighted by Gasteiger charge is -2.21. The van der Waals surface area contributed by atoms with Gasteiger partial charge in [-0.25, -0.2) is 8.42 Å². The molecule has 0 fully saturated rings. The quantitative estimate of drug-likeness (QED) is 0.814. The fraction of sp³-hybridized carbons (Fsp3) is 0.400. The number of rotatable bonds is 7. The van der Waals surface area contributed by atoms with Gasteiger partial charge in [0.2, 0.25) is 10.0 Å². The van der Waals surface area contributed by atoms with Crippen LogP contribution in [-0.4, -0.2) is 36.0 Å². The molecule has 0 atom stereocenters. The van der Waals surface area contributed by atoms with Crippen molar-refractivity contribution in [1.29, 1.82) is 0 Å². The lowest BCUT2D eigenvalue weighted by Crippen LogP contribution is -2.33. The number of nitrogens with one attached hydrogen (secondary N) is 2. The number of hydrogen-bond acceptors (Lipinski definition) is 4. The second-order valence-corrected chi connectivity index (χ2v) is 7.44. The number of H-pyrrole nitrogens is 1. The van der Waals surface area contributed by atoms with Crippen LogP contribution >= 0.6 is 0 Å². The average molecular weight is 322 g/mol. The van der Waals surface area contributed by atoms with E-state index in [1.165, 1.54) is 4.31 Å². The molecule has 22 heavy (non-hydrogen) atoms. The molecule has 0 saturated heterocycles. The summed E-state index contributed by atoms with van der Waals surface area (Å²) in [5.41, 5.74) is 2.04. The summed E-state index contributed by atoms with van der Waals surface area (Å²) in [5, 5.41) is 10.0. The average Bonchev–Trinajstić information content (AvgIpc) is 3.00. The molecule has 0 saturated carbocycles. The Balaban J connectivity index is 1.98. The highest BCUT2D eigenvalue weighted by Gasteiger charge is 2.22. The summed E-state index contributed by atoms with van der Waals surface area (Å²) in [6.45, 7) is 5.06. The van der Waals surface area contributed by atoms with Gasteiger partial charge in [-0.15, -0.1) is 0 Å². The smallest absolute Gasteiger partial charge is 0.243 e. The van der Waals surface area contributed by atoms with Gasteiger partial charge in [-0.3, -0.25) is 5.10 Å². The maximum absolute atomic E-state index is 12.4. The van der Waals surface area contributed by atoms with Crippen molar-refractivity contribution in [2.75, 3.05) is 7.05 Å². The molecule has 1 heterocycles. The first-order valence-electron chi connectivity index (χ1n) is 7.17. The van der Waals surface area contributed by atoms with Crippen molar-refractivity contribution in [2.45, 2.75) is 37.9 Å². The zero-order valence-corrected chi connectivity index (χ0v) is 13.9. The molecule has 0 spiro atoms. The summed E-state index contributed by atoms with van der Waals surface area (Å²) < 4.78 is 26.1. The molecule has 0 amide bonds. The van der Waals surface area contributed by atoms with Crippen molar-refractivity contribution in [3.05, 3.63) is 47.8 Å². The largest absolute Gasteiger partial charge is 0.307 e. The van der Waals surface area contributed by atoms with Crippen molar-refractivity contribution in [1.82, 2.24) is 19.8 Å². The number of aromatic nitrogens is 2. The van der Waals surface area contributed by atoms with Crippen LogP contribution in [0.5, 0.6) is 0 Å². The van der Waals surface area contributed by atoms with Crippen LogP contribution < -0.4 is 5.32 Å². The summed E-state index contributed by atoms with van der Waals surface area (Å²) >= 11 is 0.